The van der Waals surface area contributed by atoms with Gasteiger partial charge in [0.05, 0.1) is 13.7 Å². The van der Waals surface area contributed by atoms with Crippen LogP contribution >= 0.6 is 0 Å². The molecular weight excluding hydrogens is 328 g/mol. The average molecular weight is 342 g/mol. The highest BCUT2D eigenvalue weighted by Gasteiger charge is 2.19. The molecule has 0 saturated heterocycles. The molecule has 0 saturated carbocycles. The Morgan fingerprint density at radius 3 is 2.56 bits per heavy atom. The van der Waals surface area contributed by atoms with Gasteiger partial charge in [0.25, 0.3) is 5.56 Å². The van der Waals surface area contributed by atoms with Crippen LogP contribution in [0.25, 0.3) is 11.2 Å². The summed E-state index contributed by atoms with van der Waals surface area (Å²) in [6, 6.07) is 6.44. The first-order chi connectivity index (χ1) is 12.0. The number of fused-ring (bicyclic) bond motifs is 1. The van der Waals surface area contributed by atoms with Gasteiger partial charge in [0, 0.05) is 12.6 Å². The Kier molecular flexibility index (Phi) is 4.05. The van der Waals surface area contributed by atoms with Gasteiger partial charge in [-0.15, -0.1) is 0 Å². The van der Waals surface area contributed by atoms with Gasteiger partial charge in [-0.3, -0.25) is 23.9 Å². The van der Waals surface area contributed by atoms with E-state index < -0.39 is 11.2 Å². The molecule has 1 N–H and O–H groups in total. The number of carbonyl (C=O) groups is 2. The number of carbonyl (C=O) groups excluding carboxylic acids is 2. The van der Waals surface area contributed by atoms with Gasteiger partial charge in [-0.2, -0.15) is 0 Å². The summed E-state index contributed by atoms with van der Waals surface area (Å²) in [6.07, 6.45) is 0.436. The van der Waals surface area contributed by atoms with Gasteiger partial charge in [-0.25, -0.2) is 9.78 Å². The Labute approximate surface area is 140 Å². The lowest BCUT2D eigenvalue weighted by molar-refractivity contribution is 0.0971. The Balaban J connectivity index is 2.10. The van der Waals surface area contributed by atoms with Crippen molar-refractivity contribution in [1.82, 2.24) is 19.1 Å². The highest BCUT2D eigenvalue weighted by Crippen LogP contribution is 2.14. The molecule has 0 fully saturated rings. The molecule has 0 amide bonds. The maximum absolute atomic E-state index is 12.5. The van der Waals surface area contributed by atoms with Crippen LogP contribution < -0.4 is 16.0 Å². The van der Waals surface area contributed by atoms with Crippen LogP contribution in [0.2, 0.25) is 0 Å². The zero-order valence-electron chi connectivity index (χ0n) is 13.5. The van der Waals surface area contributed by atoms with E-state index in [9.17, 15) is 19.2 Å². The lowest BCUT2D eigenvalue weighted by Gasteiger charge is -2.06. The van der Waals surface area contributed by atoms with Crippen molar-refractivity contribution in [3.63, 3.8) is 0 Å². The molecule has 25 heavy (non-hydrogen) atoms. The predicted molar refractivity (Wildman–Crippen MR) is 88.3 cm³/mol. The molecule has 3 rings (SSSR count). The number of nitrogens with one attached hydrogen (secondary N) is 1. The third kappa shape index (κ3) is 2.75. The molecule has 9 heteroatoms. The number of aldehydes is 1. The van der Waals surface area contributed by atoms with E-state index in [-0.39, 0.29) is 29.3 Å². The molecule has 1 aromatic carbocycles. The first-order valence-electron chi connectivity index (χ1n) is 7.28. The number of hydrogen-bond donors (Lipinski definition) is 1. The Morgan fingerprint density at radius 2 is 1.96 bits per heavy atom. The zero-order valence-corrected chi connectivity index (χ0v) is 13.5. The molecule has 0 unspecified atom stereocenters. The SMILES string of the molecule is COc1ccc(C(=O)Cn2c(C=O)nc3c2c(=O)[nH]c(=O)n3C)cc1. The number of benzene rings is 1. The third-order valence-electron chi connectivity index (χ3n) is 3.86. The van der Waals surface area contributed by atoms with Crippen molar-refractivity contribution < 1.29 is 14.3 Å². The molecule has 2 heterocycles. The molecule has 0 spiro atoms. The highest BCUT2D eigenvalue weighted by molar-refractivity contribution is 5.97. The van der Waals surface area contributed by atoms with Crippen LogP contribution in [-0.4, -0.2) is 38.3 Å². The molecule has 3 aromatic rings. The van der Waals surface area contributed by atoms with Gasteiger partial charge in [0.2, 0.25) is 0 Å². The second-order valence-corrected chi connectivity index (χ2v) is 5.32. The fourth-order valence-corrected chi connectivity index (χ4v) is 2.51. The van der Waals surface area contributed by atoms with Crippen LogP contribution in [0.4, 0.5) is 0 Å². The van der Waals surface area contributed by atoms with E-state index in [2.05, 4.69) is 9.97 Å². The monoisotopic (exact) mass is 342 g/mol. The molecule has 0 atom stereocenters. The van der Waals surface area contributed by atoms with Crippen LogP contribution in [0, 0.1) is 0 Å². The maximum Gasteiger partial charge on any atom is 0.329 e. The van der Waals surface area contributed by atoms with Crippen molar-refractivity contribution in [2.45, 2.75) is 6.54 Å². The summed E-state index contributed by atoms with van der Waals surface area (Å²) in [5.41, 5.74) is -0.937. The minimum absolute atomic E-state index is 0.00828. The number of hydrogen-bond acceptors (Lipinski definition) is 6. The number of nitrogens with zero attached hydrogens (tertiary/aromatic N) is 3. The van der Waals surface area contributed by atoms with Crippen molar-refractivity contribution in [2.24, 2.45) is 7.05 Å². The number of ether oxygens (including phenoxy) is 1. The molecular formula is C16H14N4O5. The van der Waals surface area contributed by atoms with Crippen LogP contribution in [0.3, 0.4) is 0 Å². The van der Waals surface area contributed by atoms with E-state index in [1.165, 1.54) is 18.7 Å². The van der Waals surface area contributed by atoms with Crippen LogP contribution in [0.5, 0.6) is 5.75 Å². The standard InChI is InChI=1S/C16H14N4O5/c1-19-14-13(15(23)18-16(19)24)20(12(8-21)17-14)7-11(22)9-3-5-10(25-2)6-4-9/h3-6,8H,7H2,1-2H3,(H,18,23,24). The molecule has 0 aliphatic carbocycles. The van der Waals surface area contributed by atoms with Gasteiger partial charge in [-0.05, 0) is 24.3 Å². The molecule has 0 bridgehead atoms. The quantitative estimate of drug-likeness (QED) is 0.520. The Morgan fingerprint density at radius 1 is 1.28 bits per heavy atom. The van der Waals surface area contributed by atoms with E-state index >= 15 is 0 Å². The third-order valence-corrected chi connectivity index (χ3v) is 3.86. The fraction of sp³-hybridized carbons (Fsp3) is 0.188. The second kappa shape index (κ2) is 6.19. The Hall–Kier alpha value is -3.49. The van der Waals surface area contributed by atoms with E-state index in [0.29, 0.717) is 17.6 Å². The van der Waals surface area contributed by atoms with Crippen molar-refractivity contribution in [3.8, 4) is 5.75 Å². The summed E-state index contributed by atoms with van der Waals surface area (Å²) in [7, 11) is 2.93. The van der Waals surface area contributed by atoms with E-state index in [1.807, 2.05) is 0 Å². The summed E-state index contributed by atoms with van der Waals surface area (Å²) in [5.74, 6) is 0.173. The van der Waals surface area contributed by atoms with Gasteiger partial charge in [0.15, 0.2) is 29.1 Å². The summed E-state index contributed by atoms with van der Waals surface area (Å²) >= 11 is 0. The van der Waals surface area contributed by atoms with Crippen LogP contribution in [-0.2, 0) is 13.6 Å². The lowest BCUT2D eigenvalue weighted by Crippen LogP contribution is -2.29. The summed E-state index contributed by atoms with van der Waals surface area (Å²) in [5, 5.41) is 0. The minimum Gasteiger partial charge on any atom is -0.497 e. The van der Waals surface area contributed by atoms with Crippen LogP contribution in [0.15, 0.2) is 33.9 Å². The van der Waals surface area contributed by atoms with Crippen LogP contribution in [0.1, 0.15) is 21.0 Å². The highest BCUT2D eigenvalue weighted by atomic mass is 16.5. The first kappa shape index (κ1) is 16.4. The molecule has 9 nitrogen and oxygen atoms in total. The van der Waals surface area contributed by atoms with Crippen molar-refractivity contribution in [1.29, 1.82) is 0 Å². The largest absolute Gasteiger partial charge is 0.497 e. The zero-order chi connectivity index (χ0) is 18.1. The molecule has 0 radical (unpaired) electrons. The van der Waals surface area contributed by atoms with Gasteiger partial charge in [0.1, 0.15) is 5.75 Å². The van der Waals surface area contributed by atoms with E-state index in [4.69, 9.17) is 4.74 Å². The van der Waals surface area contributed by atoms with Crippen molar-refractivity contribution in [2.75, 3.05) is 7.11 Å². The van der Waals surface area contributed by atoms with Gasteiger partial charge < -0.3 is 9.30 Å². The van der Waals surface area contributed by atoms with E-state index in [1.54, 1.807) is 24.3 Å². The topological polar surface area (TPSA) is 116 Å². The maximum atomic E-state index is 12.5. The van der Waals surface area contributed by atoms with Gasteiger partial charge in [-0.1, -0.05) is 0 Å². The van der Waals surface area contributed by atoms with Crippen molar-refractivity contribution >= 4 is 23.2 Å². The second-order valence-electron chi connectivity index (χ2n) is 5.32. The predicted octanol–water partition coefficient (Wildman–Crippen LogP) is 0.127. The van der Waals surface area contributed by atoms with Gasteiger partial charge >= 0.3 is 5.69 Å². The normalized spacial score (nSPS) is 10.8. The number of ketones is 1. The number of H-pyrrole nitrogens is 1. The number of aryl methyl sites for hydroxylation is 1. The fourth-order valence-electron chi connectivity index (χ4n) is 2.51. The molecule has 0 aliphatic heterocycles. The average Bonchev–Trinajstić information content (AvgIpc) is 2.98. The smallest absolute Gasteiger partial charge is 0.329 e. The number of aromatic amines is 1. The Bertz CT molecular complexity index is 1090. The van der Waals surface area contributed by atoms with Crippen molar-refractivity contribution in [3.05, 3.63) is 56.5 Å². The molecule has 128 valence electrons. The number of imidazole rings is 1. The number of methoxy groups -OCH3 is 1. The summed E-state index contributed by atoms with van der Waals surface area (Å²) in [4.78, 5) is 53.7. The lowest BCUT2D eigenvalue weighted by atomic mass is 10.1. The number of rotatable bonds is 5. The molecule has 2 aromatic heterocycles. The molecule has 0 aliphatic rings. The summed E-state index contributed by atoms with van der Waals surface area (Å²) < 4.78 is 7.35. The minimum atomic E-state index is -0.707. The summed E-state index contributed by atoms with van der Waals surface area (Å²) in [6.45, 7) is -0.266. The number of aromatic nitrogens is 4. The van der Waals surface area contributed by atoms with E-state index in [0.717, 1.165) is 4.57 Å². The first-order valence-corrected chi connectivity index (χ1v) is 7.28. The number of Topliss-reactive ketones (excluding diaryl/α,β-unsaturated/α-hetero) is 1.